The highest BCUT2D eigenvalue weighted by Crippen LogP contribution is 2.28. The normalized spacial score (nSPS) is 26.8. The molecule has 2 aromatic rings. The average Bonchev–Trinajstić information content (AvgIpc) is 3.02. The van der Waals surface area contributed by atoms with Crippen molar-refractivity contribution in [3.8, 4) is 0 Å². The van der Waals surface area contributed by atoms with Crippen LogP contribution in [0.2, 0.25) is 0 Å². The van der Waals surface area contributed by atoms with Crippen molar-refractivity contribution in [1.29, 1.82) is 0 Å². The highest BCUT2D eigenvalue weighted by atomic mass is 16.1. The molecule has 0 unspecified atom stereocenters. The van der Waals surface area contributed by atoms with Gasteiger partial charge in [-0.1, -0.05) is 0 Å². The molecule has 4 rings (SSSR count). The molecule has 2 aromatic heterocycles. The number of nitrogens with zero attached hydrogens (tertiary/aromatic N) is 4. The van der Waals surface area contributed by atoms with Crippen LogP contribution >= 0.6 is 0 Å². The second kappa shape index (κ2) is 4.06. The lowest BCUT2D eigenvalue weighted by Crippen LogP contribution is -2.40. The summed E-state index contributed by atoms with van der Waals surface area (Å²) >= 11 is 0. The first-order valence-corrected chi connectivity index (χ1v) is 6.72. The van der Waals surface area contributed by atoms with E-state index in [1.807, 2.05) is 6.07 Å². The molecule has 0 radical (unpaired) electrons. The summed E-state index contributed by atoms with van der Waals surface area (Å²) in [5.74, 6) is 1.62. The van der Waals surface area contributed by atoms with Gasteiger partial charge in [-0.3, -0.25) is 0 Å². The average molecular weight is 260 g/mol. The van der Waals surface area contributed by atoms with Gasteiger partial charge in [-0.25, -0.2) is 19.3 Å². The predicted octanol–water partition coefficient (Wildman–Crippen LogP) is -0.394. The summed E-state index contributed by atoms with van der Waals surface area (Å²) in [6.07, 6.45) is 4.10. The summed E-state index contributed by atoms with van der Waals surface area (Å²) in [5, 5.41) is 9.99. The lowest BCUT2D eigenvalue weighted by Gasteiger charge is -2.24. The third-order valence-corrected chi connectivity index (χ3v) is 4.22. The van der Waals surface area contributed by atoms with Crippen molar-refractivity contribution in [2.24, 2.45) is 5.92 Å². The molecule has 2 N–H and O–H groups in total. The summed E-state index contributed by atoms with van der Waals surface area (Å²) in [7, 11) is 0. The van der Waals surface area contributed by atoms with Gasteiger partial charge in [0.05, 0.1) is 0 Å². The molecule has 0 spiro atoms. The lowest BCUT2D eigenvalue weighted by atomic mass is 9.94. The molecule has 2 fully saturated rings. The van der Waals surface area contributed by atoms with E-state index in [2.05, 4.69) is 25.4 Å². The second-order valence-corrected chi connectivity index (χ2v) is 5.37. The molecule has 0 aliphatic carbocycles. The van der Waals surface area contributed by atoms with E-state index in [1.54, 1.807) is 6.33 Å². The Morgan fingerprint density at radius 3 is 3.21 bits per heavy atom. The van der Waals surface area contributed by atoms with Gasteiger partial charge in [0.15, 0.2) is 5.65 Å². The van der Waals surface area contributed by atoms with E-state index in [0.717, 1.165) is 25.5 Å². The zero-order chi connectivity index (χ0) is 12.8. The first-order valence-electron chi connectivity index (χ1n) is 6.72. The van der Waals surface area contributed by atoms with Gasteiger partial charge in [-0.05, 0) is 25.3 Å². The van der Waals surface area contributed by atoms with Crippen LogP contribution in [0.25, 0.3) is 5.65 Å². The third-order valence-electron chi connectivity index (χ3n) is 4.22. The molecule has 0 aromatic carbocycles. The summed E-state index contributed by atoms with van der Waals surface area (Å²) in [6, 6.07) is 2.45. The van der Waals surface area contributed by atoms with Crippen LogP contribution in [-0.2, 0) is 0 Å². The molecule has 4 heterocycles. The number of nitrogens with one attached hydrogen (secondary N) is 2. The highest BCUT2D eigenvalue weighted by Gasteiger charge is 2.34. The van der Waals surface area contributed by atoms with Gasteiger partial charge >= 0.3 is 5.69 Å². The van der Waals surface area contributed by atoms with Crippen LogP contribution in [0.4, 0.5) is 5.82 Å². The first kappa shape index (κ1) is 11.0. The number of fused-ring (bicyclic) bond motifs is 2. The number of anilines is 1. The summed E-state index contributed by atoms with van der Waals surface area (Å²) in [4.78, 5) is 18.1. The maximum atomic E-state index is 11.4. The predicted molar refractivity (Wildman–Crippen MR) is 70.3 cm³/mol. The van der Waals surface area contributed by atoms with Crippen molar-refractivity contribution in [3.63, 3.8) is 0 Å². The molecule has 2 atom stereocenters. The van der Waals surface area contributed by atoms with Crippen LogP contribution < -0.4 is 15.9 Å². The van der Waals surface area contributed by atoms with Gasteiger partial charge in [-0.2, -0.15) is 5.10 Å². The number of hydrogen-bond donors (Lipinski definition) is 2. The van der Waals surface area contributed by atoms with Gasteiger partial charge < -0.3 is 10.2 Å². The van der Waals surface area contributed by atoms with Gasteiger partial charge in [0.1, 0.15) is 12.1 Å². The monoisotopic (exact) mass is 260 g/mol. The maximum absolute atomic E-state index is 11.4. The number of aromatic nitrogens is 4. The number of rotatable bonds is 1. The Bertz CT molecular complexity index is 648. The highest BCUT2D eigenvalue weighted by molar-refractivity contribution is 5.51. The van der Waals surface area contributed by atoms with E-state index in [1.165, 1.54) is 17.2 Å². The van der Waals surface area contributed by atoms with Gasteiger partial charge in [0.25, 0.3) is 0 Å². The van der Waals surface area contributed by atoms with Crippen molar-refractivity contribution in [3.05, 3.63) is 22.9 Å². The van der Waals surface area contributed by atoms with Crippen molar-refractivity contribution >= 4 is 11.5 Å². The van der Waals surface area contributed by atoms with Gasteiger partial charge in [-0.15, -0.1) is 0 Å². The Morgan fingerprint density at radius 1 is 1.37 bits per heavy atom. The lowest BCUT2D eigenvalue weighted by molar-refractivity contribution is 0.340. The van der Waals surface area contributed by atoms with E-state index in [0.29, 0.717) is 17.6 Å². The Hall–Kier alpha value is -1.89. The summed E-state index contributed by atoms with van der Waals surface area (Å²) in [6.45, 7) is 3.15. The van der Waals surface area contributed by atoms with Gasteiger partial charge in [0.2, 0.25) is 0 Å². The Balaban J connectivity index is 1.65. The molecule has 19 heavy (non-hydrogen) atoms. The van der Waals surface area contributed by atoms with Crippen molar-refractivity contribution in [2.75, 3.05) is 24.5 Å². The van der Waals surface area contributed by atoms with E-state index in [9.17, 15) is 4.79 Å². The van der Waals surface area contributed by atoms with Crippen LogP contribution in [0.3, 0.4) is 0 Å². The van der Waals surface area contributed by atoms with Crippen molar-refractivity contribution in [1.82, 2.24) is 24.9 Å². The molecule has 7 nitrogen and oxygen atoms in total. The fraction of sp³-hybridized carbons (Fsp3) is 0.583. The fourth-order valence-corrected chi connectivity index (χ4v) is 3.21. The van der Waals surface area contributed by atoms with Crippen molar-refractivity contribution < 1.29 is 0 Å². The number of hydrogen-bond acceptors (Lipinski definition) is 5. The molecular weight excluding hydrogens is 244 g/mol. The topological polar surface area (TPSA) is 78.3 Å². The van der Waals surface area contributed by atoms with Crippen molar-refractivity contribution in [2.45, 2.75) is 18.9 Å². The zero-order valence-electron chi connectivity index (χ0n) is 10.5. The Kier molecular flexibility index (Phi) is 2.34. The summed E-state index contributed by atoms with van der Waals surface area (Å²) in [5.41, 5.74) is 0.378. The van der Waals surface area contributed by atoms with E-state index < -0.39 is 0 Å². The third kappa shape index (κ3) is 1.73. The smallest absolute Gasteiger partial charge is 0.348 e. The van der Waals surface area contributed by atoms with Crippen LogP contribution in [0, 0.1) is 5.92 Å². The molecular formula is C12H16N6O. The zero-order valence-corrected chi connectivity index (χ0v) is 10.5. The van der Waals surface area contributed by atoms with Crippen LogP contribution in [0.1, 0.15) is 12.8 Å². The first-order chi connectivity index (χ1) is 9.31. The minimum absolute atomic E-state index is 0.245. The summed E-state index contributed by atoms with van der Waals surface area (Å²) < 4.78 is 1.42. The molecule has 2 aliphatic heterocycles. The molecule has 100 valence electrons. The molecule has 0 saturated carbocycles. The number of piperidine rings is 1. The van der Waals surface area contributed by atoms with Crippen LogP contribution in [-0.4, -0.2) is 45.3 Å². The Labute approximate surface area is 109 Å². The molecule has 0 bridgehead atoms. The second-order valence-electron chi connectivity index (χ2n) is 5.37. The van der Waals surface area contributed by atoms with E-state index in [-0.39, 0.29) is 5.69 Å². The quantitative estimate of drug-likeness (QED) is 0.730. The largest absolute Gasteiger partial charge is 0.355 e. The SMILES string of the molecule is O=c1[nH]nc2cc(N3C[C@@H]4CCCN[C@@H]4C3)ncn12. The standard InChI is InChI=1S/C12H16N6O/c19-12-16-15-11-4-10(14-7-18(11)12)17-5-8-2-1-3-13-9(8)6-17/h4,7-9,13H,1-3,5-6H2,(H,16,19)/t8-,9+/m0/s1. The minimum Gasteiger partial charge on any atom is -0.355 e. The Morgan fingerprint density at radius 2 is 2.32 bits per heavy atom. The molecule has 2 saturated heterocycles. The number of H-pyrrole nitrogens is 1. The fourth-order valence-electron chi connectivity index (χ4n) is 3.21. The van der Waals surface area contributed by atoms with Crippen LogP contribution in [0.5, 0.6) is 0 Å². The molecule has 0 amide bonds. The molecule has 7 heteroatoms. The van der Waals surface area contributed by atoms with Crippen LogP contribution in [0.15, 0.2) is 17.2 Å². The molecule has 2 aliphatic rings. The minimum atomic E-state index is -0.245. The van der Waals surface area contributed by atoms with E-state index in [4.69, 9.17) is 0 Å². The van der Waals surface area contributed by atoms with E-state index >= 15 is 0 Å². The number of aromatic amines is 1. The van der Waals surface area contributed by atoms with Gasteiger partial charge in [0, 0.05) is 25.2 Å². The maximum Gasteiger partial charge on any atom is 0.348 e.